The predicted octanol–water partition coefficient (Wildman–Crippen LogP) is -0.295. The third-order valence-electron chi connectivity index (χ3n) is 1.61. The molecule has 0 saturated carbocycles. The van der Waals surface area contributed by atoms with Gasteiger partial charge in [0.25, 0.3) is 0 Å². The van der Waals surface area contributed by atoms with E-state index in [1.54, 1.807) is 24.0 Å². The molecule has 0 aliphatic rings. The van der Waals surface area contributed by atoms with Crippen LogP contribution in [-0.4, -0.2) is 18.7 Å². The average molecular weight is 189 g/mol. The summed E-state index contributed by atoms with van der Waals surface area (Å²) >= 11 is 0. The van der Waals surface area contributed by atoms with Crippen LogP contribution in [-0.2, 0) is 22.8 Å². The minimum atomic E-state index is -2.91. The first kappa shape index (κ1) is 9.25. The number of aromatic nitrogens is 2. The van der Waals surface area contributed by atoms with E-state index in [1.165, 1.54) is 0 Å². The quantitative estimate of drug-likeness (QED) is 0.613. The second kappa shape index (κ2) is 3.26. The second-order valence-electron chi connectivity index (χ2n) is 2.75. The van der Waals surface area contributed by atoms with Gasteiger partial charge in [-0.05, 0) is 0 Å². The Balaban J connectivity index is 2.77. The molecule has 0 aromatic carbocycles. The van der Waals surface area contributed by atoms with Crippen LogP contribution in [0.1, 0.15) is 6.92 Å². The summed E-state index contributed by atoms with van der Waals surface area (Å²) in [6.07, 6.45) is 5.30. The van der Waals surface area contributed by atoms with Gasteiger partial charge in [-0.25, -0.2) is 17.6 Å². The van der Waals surface area contributed by atoms with Gasteiger partial charge in [-0.3, -0.25) is 0 Å². The summed E-state index contributed by atoms with van der Waals surface area (Å²) in [5.74, 6) is 0.263. The highest BCUT2D eigenvalue weighted by atomic mass is 32.2. The van der Waals surface area contributed by atoms with E-state index in [4.69, 9.17) is 0 Å². The van der Waals surface area contributed by atoms with Crippen LogP contribution < -0.4 is 4.57 Å². The van der Waals surface area contributed by atoms with Crippen LogP contribution in [0, 0.1) is 0 Å². The lowest BCUT2D eigenvalue weighted by atomic mass is 10.9. The average Bonchev–Trinajstić information content (AvgIpc) is 2.35. The van der Waals surface area contributed by atoms with E-state index in [1.807, 2.05) is 17.8 Å². The Morgan fingerprint density at radius 2 is 2.17 bits per heavy atom. The van der Waals surface area contributed by atoms with Crippen LogP contribution in [0.2, 0.25) is 0 Å². The maximum atomic E-state index is 11.1. The van der Waals surface area contributed by atoms with Crippen LogP contribution in [0.4, 0.5) is 0 Å². The van der Waals surface area contributed by atoms with Crippen LogP contribution in [0.5, 0.6) is 0 Å². The Labute approximate surface area is 72.4 Å². The molecule has 0 spiro atoms. The molecule has 0 aliphatic heterocycles. The molecule has 5 heteroatoms. The highest BCUT2D eigenvalue weighted by Crippen LogP contribution is 1.94. The molecule has 12 heavy (non-hydrogen) atoms. The molecule has 0 aliphatic carbocycles. The summed E-state index contributed by atoms with van der Waals surface area (Å²) in [5, 5.41) is 0. The first-order chi connectivity index (χ1) is 5.53. The zero-order chi connectivity index (χ0) is 9.19. The molecule has 0 bridgehead atoms. The van der Waals surface area contributed by atoms with Crippen LogP contribution >= 0.6 is 0 Å². The van der Waals surface area contributed by atoms with Crippen molar-refractivity contribution in [3.63, 3.8) is 0 Å². The van der Waals surface area contributed by atoms with Crippen molar-refractivity contribution < 1.29 is 13.0 Å². The predicted molar refractivity (Wildman–Crippen MR) is 45.1 cm³/mol. The van der Waals surface area contributed by atoms with Crippen LogP contribution in [0.25, 0.3) is 0 Å². The fourth-order valence-corrected chi connectivity index (χ4v) is 1.69. The highest BCUT2D eigenvalue weighted by Gasteiger charge is 2.11. The molecule has 0 atom stereocenters. The minimum absolute atomic E-state index is 0.0737. The molecule has 1 heterocycles. The standard InChI is InChI=1S/C7H13N2O2S/c1-3-12(10,11)7-9-5-4-8(2)6-9/h4-6H,3,7H2,1-2H3/q+1. The molecule has 0 amide bonds. The van der Waals surface area contributed by atoms with E-state index < -0.39 is 9.84 Å². The Morgan fingerprint density at radius 3 is 2.58 bits per heavy atom. The normalized spacial score (nSPS) is 11.8. The summed E-state index contributed by atoms with van der Waals surface area (Å²) in [4.78, 5) is 0. The Hall–Kier alpha value is -0.840. The van der Waals surface area contributed by atoms with Gasteiger partial charge in [0.2, 0.25) is 6.33 Å². The number of rotatable bonds is 3. The molecule has 0 saturated heterocycles. The summed E-state index contributed by atoms with van der Waals surface area (Å²) in [6, 6.07) is 0. The van der Waals surface area contributed by atoms with Gasteiger partial charge in [-0.2, -0.15) is 0 Å². The fraction of sp³-hybridized carbons (Fsp3) is 0.571. The molecule has 0 fully saturated rings. The van der Waals surface area contributed by atoms with Crippen molar-refractivity contribution in [1.82, 2.24) is 4.57 Å². The summed E-state index contributed by atoms with van der Waals surface area (Å²) in [7, 11) is -1.05. The van der Waals surface area contributed by atoms with E-state index >= 15 is 0 Å². The van der Waals surface area contributed by atoms with Gasteiger partial charge in [-0.15, -0.1) is 0 Å². The van der Waals surface area contributed by atoms with Crippen LogP contribution in [0.15, 0.2) is 18.7 Å². The first-order valence-corrected chi connectivity index (χ1v) is 5.57. The fourth-order valence-electron chi connectivity index (χ4n) is 0.896. The maximum absolute atomic E-state index is 11.1. The van der Waals surface area contributed by atoms with Gasteiger partial charge in [0.1, 0.15) is 12.4 Å². The number of imidazole rings is 1. The number of hydrogen-bond donors (Lipinski definition) is 0. The van der Waals surface area contributed by atoms with Crippen molar-refractivity contribution in [3.8, 4) is 0 Å². The Morgan fingerprint density at radius 1 is 1.50 bits per heavy atom. The third-order valence-corrected chi connectivity index (χ3v) is 3.18. The van der Waals surface area contributed by atoms with Crippen molar-refractivity contribution in [2.24, 2.45) is 7.05 Å². The summed E-state index contributed by atoms with van der Waals surface area (Å²) < 4.78 is 25.8. The largest absolute Gasteiger partial charge is 0.244 e. The second-order valence-corrected chi connectivity index (χ2v) is 5.08. The molecular weight excluding hydrogens is 176 g/mol. The topological polar surface area (TPSA) is 43.0 Å². The van der Waals surface area contributed by atoms with Gasteiger partial charge in [0.15, 0.2) is 15.7 Å². The van der Waals surface area contributed by atoms with Crippen molar-refractivity contribution >= 4 is 9.84 Å². The van der Waals surface area contributed by atoms with E-state index in [9.17, 15) is 8.42 Å². The molecule has 1 aromatic rings. The molecule has 0 radical (unpaired) electrons. The van der Waals surface area contributed by atoms with Crippen LogP contribution in [0.3, 0.4) is 0 Å². The molecule has 4 nitrogen and oxygen atoms in total. The zero-order valence-corrected chi connectivity index (χ0v) is 8.08. The van der Waals surface area contributed by atoms with Crippen molar-refractivity contribution in [2.45, 2.75) is 12.8 Å². The lowest BCUT2D eigenvalue weighted by Crippen LogP contribution is -2.24. The summed E-state index contributed by atoms with van der Waals surface area (Å²) in [5.41, 5.74) is 0. The highest BCUT2D eigenvalue weighted by molar-refractivity contribution is 7.90. The number of nitrogens with zero attached hydrogens (tertiary/aromatic N) is 2. The lowest BCUT2D eigenvalue weighted by Gasteiger charge is -1.95. The monoisotopic (exact) mass is 189 g/mol. The molecular formula is C7H13N2O2S+. The van der Waals surface area contributed by atoms with E-state index in [0.717, 1.165) is 0 Å². The Bertz CT molecular complexity index is 353. The van der Waals surface area contributed by atoms with Gasteiger partial charge in [0, 0.05) is 0 Å². The molecule has 1 aromatic heterocycles. The molecule has 1 rings (SSSR count). The van der Waals surface area contributed by atoms with Gasteiger partial charge < -0.3 is 0 Å². The summed E-state index contributed by atoms with van der Waals surface area (Å²) in [6.45, 7) is 1.65. The van der Waals surface area contributed by atoms with Crippen molar-refractivity contribution in [1.29, 1.82) is 0 Å². The van der Waals surface area contributed by atoms with Gasteiger partial charge in [0.05, 0.1) is 12.8 Å². The molecule has 0 unspecified atom stereocenters. The minimum Gasteiger partial charge on any atom is -0.240 e. The smallest absolute Gasteiger partial charge is 0.240 e. The number of hydrogen-bond acceptors (Lipinski definition) is 2. The first-order valence-electron chi connectivity index (χ1n) is 3.75. The maximum Gasteiger partial charge on any atom is 0.244 e. The third kappa shape index (κ3) is 2.34. The van der Waals surface area contributed by atoms with Gasteiger partial charge in [-0.1, -0.05) is 6.92 Å². The van der Waals surface area contributed by atoms with E-state index in [0.29, 0.717) is 0 Å². The lowest BCUT2D eigenvalue weighted by molar-refractivity contribution is -0.670. The number of sulfone groups is 1. The van der Waals surface area contributed by atoms with Gasteiger partial charge >= 0.3 is 0 Å². The molecule has 0 N–H and O–H groups in total. The number of aryl methyl sites for hydroxylation is 1. The SMILES string of the molecule is CCS(=O)(=O)Cn1cc[n+](C)c1. The van der Waals surface area contributed by atoms with E-state index in [2.05, 4.69) is 0 Å². The van der Waals surface area contributed by atoms with E-state index in [-0.39, 0.29) is 11.6 Å². The molecule has 68 valence electrons. The zero-order valence-electron chi connectivity index (χ0n) is 7.27. The van der Waals surface area contributed by atoms with Crippen molar-refractivity contribution in [3.05, 3.63) is 18.7 Å². The Kier molecular flexibility index (Phi) is 2.52. The van der Waals surface area contributed by atoms with Crippen molar-refractivity contribution in [2.75, 3.05) is 5.75 Å².